The summed E-state index contributed by atoms with van der Waals surface area (Å²) in [5.41, 5.74) is 5.94. The van der Waals surface area contributed by atoms with Crippen molar-refractivity contribution in [2.24, 2.45) is 0 Å². The average molecular weight is 290 g/mol. The van der Waals surface area contributed by atoms with E-state index in [0.29, 0.717) is 5.89 Å². The number of oxazole rings is 1. The topological polar surface area (TPSA) is 56.7 Å². The first-order chi connectivity index (χ1) is 10.7. The van der Waals surface area contributed by atoms with Crippen LogP contribution in [-0.2, 0) is 0 Å². The van der Waals surface area contributed by atoms with Crippen LogP contribution in [-0.4, -0.2) is 19.7 Å². The van der Waals surface area contributed by atoms with Crippen molar-refractivity contribution in [1.29, 1.82) is 0 Å². The van der Waals surface area contributed by atoms with Crippen LogP contribution in [0.1, 0.15) is 11.1 Å². The minimum atomic E-state index is 0.641. The van der Waals surface area contributed by atoms with Crippen molar-refractivity contribution in [3.8, 4) is 17.1 Å². The molecule has 108 valence electrons. The third-order valence-electron chi connectivity index (χ3n) is 3.56. The lowest BCUT2D eigenvalue weighted by Crippen LogP contribution is -1.89. The van der Waals surface area contributed by atoms with Gasteiger partial charge in [0.2, 0.25) is 5.89 Å². The van der Waals surface area contributed by atoms with E-state index in [1.54, 1.807) is 12.7 Å². The van der Waals surface area contributed by atoms with E-state index in [2.05, 4.69) is 47.2 Å². The second-order valence-electron chi connectivity index (χ2n) is 5.42. The molecule has 2 aromatic carbocycles. The van der Waals surface area contributed by atoms with Gasteiger partial charge < -0.3 is 4.42 Å². The normalized spacial score (nSPS) is 11.2. The molecule has 0 fully saturated rings. The molecule has 4 aromatic rings. The zero-order valence-corrected chi connectivity index (χ0v) is 12.3. The Morgan fingerprint density at radius 3 is 2.36 bits per heavy atom. The Morgan fingerprint density at radius 1 is 0.909 bits per heavy atom. The van der Waals surface area contributed by atoms with Gasteiger partial charge in [0.05, 0.1) is 5.69 Å². The van der Waals surface area contributed by atoms with E-state index in [0.717, 1.165) is 22.4 Å². The fourth-order valence-electron chi connectivity index (χ4n) is 2.63. The van der Waals surface area contributed by atoms with Crippen molar-refractivity contribution >= 4 is 11.1 Å². The highest BCUT2D eigenvalue weighted by Gasteiger charge is 2.10. The van der Waals surface area contributed by atoms with Crippen molar-refractivity contribution in [2.45, 2.75) is 13.8 Å². The highest BCUT2D eigenvalue weighted by molar-refractivity contribution is 5.78. The van der Waals surface area contributed by atoms with Gasteiger partial charge in [0, 0.05) is 5.56 Å². The molecule has 22 heavy (non-hydrogen) atoms. The first kappa shape index (κ1) is 12.8. The van der Waals surface area contributed by atoms with Gasteiger partial charge in [-0.3, -0.25) is 4.57 Å². The second kappa shape index (κ2) is 4.80. The summed E-state index contributed by atoms with van der Waals surface area (Å²) in [6.45, 7) is 4.15. The summed E-state index contributed by atoms with van der Waals surface area (Å²) >= 11 is 0. The molecule has 0 amide bonds. The second-order valence-corrected chi connectivity index (χ2v) is 5.42. The average Bonchev–Trinajstić information content (AvgIpc) is 3.15. The van der Waals surface area contributed by atoms with Gasteiger partial charge in [-0.2, -0.15) is 0 Å². The lowest BCUT2D eigenvalue weighted by molar-refractivity contribution is 0.619. The van der Waals surface area contributed by atoms with Crippen LogP contribution in [0.5, 0.6) is 0 Å². The van der Waals surface area contributed by atoms with Gasteiger partial charge in [-0.1, -0.05) is 17.2 Å². The first-order valence-electron chi connectivity index (χ1n) is 7.03. The Labute approximate surface area is 127 Å². The predicted octanol–water partition coefficient (Wildman–Crippen LogP) is 3.69. The Balaban J connectivity index is 1.83. The standard InChI is InChI=1S/C17H14N4O/c1-11-5-12(2)7-13(6-11)17-20-15-8-14(3-4-16(15)22-17)21-9-18-19-10-21/h3-10H,1-2H3. The number of aryl methyl sites for hydroxylation is 2. The van der Waals surface area contributed by atoms with Crippen molar-refractivity contribution in [1.82, 2.24) is 19.7 Å². The summed E-state index contributed by atoms with van der Waals surface area (Å²) < 4.78 is 7.72. The molecule has 0 atom stereocenters. The Hall–Kier alpha value is -2.95. The molecule has 0 radical (unpaired) electrons. The summed E-state index contributed by atoms with van der Waals surface area (Å²) in [5.74, 6) is 0.641. The fourth-order valence-corrected chi connectivity index (χ4v) is 2.63. The first-order valence-corrected chi connectivity index (χ1v) is 7.03. The van der Waals surface area contributed by atoms with Crippen LogP contribution < -0.4 is 0 Å². The van der Waals surface area contributed by atoms with Crippen LogP contribution in [0.3, 0.4) is 0 Å². The molecule has 2 aromatic heterocycles. The predicted molar refractivity (Wildman–Crippen MR) is 83.8 cm³/mol. The molecule has 0 saturated heterocycles. The van der Waals surface area contributed by atoms with Crippen molar-refractivity contribution in [2.75, 3.05) is 0 Å². The molecular weight excluding hydrogens is 276 g/mol. The highest BCUT2D eigenvalue weighted by atomic mass is 16.3. The molecule has 5 nitrogen and oxygen atoms in total. The number of fused-ring (bicyclic) bond motifs is 1. The van der Waals surface area contributed by atoms with Gasteiger partial charge in [0.15, 0.2) is 5.58 Å². The summed E-state index contributed by atoms with van der Waals surface area (Å²) in [6.07, 6.45) is 3.32. The fraction of sp³-hybridized carbons (Fsp3) is 0.118. The lowest BCUT2D eigenvalue weighted by Gasteiger charge is -2.00. The van der Waals surface area contributed by atoms with Crippen molar-refractivity contribution < 1.29 is 4.42 Å². The molecule has 2 heterocycles. The molecule has 0 bridgehead atoms. The molecule has 0 aliphatic heterocycles. The monoisotopic (exact) mass is 290 g/mol. The molecule has 5 heteroatoms. The van der Waals surface area contributed by atoms with E-state index in [1.165, 1.54) is 11.1 Å². The van der Waals surface area contributed by atoms with Crippen molar-refractivity contribution in [3.05, 3.63) is 60.2 Å². The zero-order valence-electron chi connectivity index (χ0n) is 12.3. The molecule has 4 rings (SSSR count). The van der Waals surface area contributed by atoms with Gasteiger partial charge in [-0.05, 0) is 44.2 Å². The van der Waals surface area contributed by atoms with Crippen LogP contribution in [0.15, 0.2) is 53.5 Å². The zero-order chi connectivity index (χ0) is 15.1. The number of aromatic nitrogens is 4. The summed E-state index contributed by atoms with van der Waals surface area (Å²) in [5, 5.41) is 7.64. The Morgan fingerprint density at radius 2 is 1.64 bits per heavy atom. The molecule has 0 N–H and O–H groups in total. The van der Waals surface area contributed by atoms with Crippen LogP contribution in [0, 0.1) is 13.8 Å². The Bertz CT molecular complexity index is 934. The SMILES string of the molecule is Cc1cc(C)cc(-c2nc3cc(-n4cnnc4)ccc3o2)c1. The summed E-state index contributed by atoms with van der Waals surface area (Å²) in [6, 6.07) is 12.1. The van der Waals surface area contributed by atoms with Gasteiger partial charge in [-0.25, -0.2) is 4.98 Å². The maximum atomic E-state index is 5.88. The van der Waals surface area contributed by atoms with Gasteiger partial charge in [-0.15, -0.1) is 10.2 Å². The van der Waals surface area contributed by atoms with Crippen LogP contribution in [0.4, 0.5) is 0 Å². The number of benzene rings is 2. The third-order valence-corrected chi connectivity index (χ3v) is 3.56. The number of hydrogen-bond donors (Lipinski definition) is 0. The number of hydrogen-bond acceptors (Lipinski definition) is 4. The van der Waals surface area contributed by atoms with E-state index in [-0.39, 0.29) is 0 Å². The number of nitrogens with zero attached hydrogens (tertiary/aromatic N) is 4. The maximum Gasteiger partial charge on any atom is 0.227 e. The lowest BCUT2D eigenvalue weighted by atomic mass is 10.1. The van der Waals surface area contributed by atoms with E-state index in [4.69, 9.17) is 4.42 Å². The molecule has 0 saturated carbocycles. The summed E-state index contributed by atoms with van der Waals surface area (Å²) in [7, 11) is 0. The molecule has 0 spiro atoms. The smallest absolute Gasteiger partial charge is 0.227 e. The highest BCUT2D eigenvalue weighted by Crippen LogP contribution is 2.27. The van der Waals surface area contributed by atoms with Gasteiger partial charge in [0.25, 0.3) is 0 Å². The molecule has 0 aliphatic rings. The van der Waals surface area contributed by atoms with E-state index in [1.807, 2.05) is 22.8 Å². The third kappa shape index (κ3) is 2.16. The van der Waals surface area contributed by atoms with Crippen molar-refractivity contribution in [3.63, 3.8) is 0 Å². The van der Waals surface area contributed by atoms with E-state index in [9.17, 15) is 0 Å². The summed E-state index contributed by atoms with van der Waals surface area (Å²) in [4.78, 5) is 4.61. The van der Waals surface area contributed by atoms with E-state index < -0.39 is 0 Å². The van der Waals surface area contributed by atoms with Gasteiger partial charge >= 0.3 is 0 Å². The van der Waals surface area contributed by atoms with Crippen LogP contribution in [0.2, 0.25) is 0 Å². The molecule has 0 unspecified atom stereocenters. The largest absolute Gasteiger partial charge is 0.436 e. The van der Waals surface area contributed by atoms with E-state index >= 15 is 0 Å². The van der Waals surface area contributed by atoms with Crippen LogP contribution >= 0.6 is 0 Å². The quantitative estimate of drug-likeness (QED) is 0.565. The Kier molecular flexibility index (Phi) is 2.79. The number of rotatable bonds is 2. The molecular formula is C17H14N4O. The maximum absolute atomic E-state index is 5.88. The minimum Gasteiger partial charge on any atom is -0.436 e. The van der Waals surface area contributed by atoms with Gasteiger partial charge in [0.1, 0.15) is 18.2 Å². The van der Waals surface area contributed by atoms with Crippen LogP contribution in [0.25, 0.3) is 28.2 Å². The minimum absolute atomic E-state index is 0.641. The molecule has 0 aliphatic carbocycles.